The van der Waals surface area contributed by atoms with Gasteiger partial charge in [0, 0.05) is 5.56 Å². The number of anilines is 1. The summed E-state index contributed by atoms with van der Waals surface area (Å²) in [7, 11) is 2.60. The van der Waals surface area contributed by atoms with Crippen LogP contribution in [0.1, 0.15) is 39.7 Å². The number of ether oxygens (including phenoxy) is 4. The molecule has 56 heavy (non-hydrogen) atoms. The van der Waals surface area contributed by atoms with Crippen LogP contribution in [0.15, 0.2) is 122 Å². The quantitative estimate of drug-likeness (QED) is 0.0606. The summed E-state index contributed by atoms with van der Waals surface area (Å²) in [5.41, 5.74) is 2.07. The lowest BCUT2D eigenvalue weighted by Gasteiger charge is -2.37. The maximum Gasteiger partial charge on any atom is 0.256 e. The average molecular weight is 777 g/mol. The molecule has 1 fully saturated rings. The second kappa shape index (κ2) is 17.8. The largest absolute Gasteiger partial charge is 0.497 e. The molecular weight excluding hydrogens is 738 g/mol. The molecular formula is C41H38FN6O7P. The van der Waals surface area contributed by atoms with E-state index in [-0.39, 0.29) is 42.5 Å². The first-order valence-corrected chi connectivity index (χ1v) is 18.5. The van der Waals surface area contributed by atoms with E-state index >= 15 is 4.39 Å². The Morgan fingerprint density at radius 1 is 0.893 bits per heavy atom. The minimum Gasteiger partial charge on any atom is -0.497 e. The molecule has 6 aromatic rings. The third-order valence-corrected chi connectivity index (χ3v) is 10.1. The predicted molar refractivity (Wildman–Crippen MR) is 206 cm³/mol. The minimum atomic E-state index is -1.72. The number of carbonyl (C=O) groups is 1. The fraction of sp³-hybridized carbons (Fsp3) is 0.244. The fourth-order valence-corrected chi connectivity index (χ4v) is 7.20. The number of imidazole rings is 1. The maximum atomic E-state index is 16.9. The molecule has 1 amide bonds. The Labute approximate surface area is 324 Å². The van der Waals surface area contributed by atoms with Crippen molar-refractivity contribution in [3.8, 4) is 17.6 Å². The van der Waals surface area contributed by atoms with Gasteiger partial charge in [-0.1, -0.05) is 72.8 Å². The van der Waals surface area contributed by atoms with E-state index in [9.17, 15) is 4.79 Å². The molecule has 4 aromatic carbocycles. The third kappa shape index (κ3) is 7.95. The van der Waals surface area contributed by atoms with Crippen molar-refractivity contribution in [3.05, 3.63) is 144 Å². The molecule has 2 aromatic heterocycles. The highest BCUT2D eigenvalue weighted by molar-refractivity contribution is 7.26. The Balaban J connectivity index is 1.23. The smallest absolute Gasteiger partial charge is 0.256 e. The second-order valence-corrected chi connectivity index (χ2v) is 13.3. The second-order valence-electron chi connectivity index (χ2n) is 12.6. The van der Waals surface area contributed by atoms with Crippen LogP contribution in [0, 0.1) is 11.3 Å². The zero-order chi connectivity index (χ0) is 38.9. The summed E-state index contributed by atoms with van der Waals surface area (Å²) in [6, 6.07) is 35.4. The van der Waals surface area contributed by atoms with Crippen LogP contribution in [0.5, 0.6) is 11.5 Å². The lowest BCUT2D eigenvalue weighted by atomic mass is 9.80. The summed E-state index contributed by atoms with van der Waals surface area (Å²) in [5.74, 6) is 1.11. The molecule has 0 radical (unpaired) electrons. The first-order valence-electron chi connectivity index (χ1n) is 17.7. The standard InChI is InChI=1S/C41H38FN6O7P/c1-50-31-18-14-29(15-19-31)41(28-12-7-4-8-13-28,30-16-20-32(51-2)21-17-30)52-24-33-34(42)36(55-56-53-23-9-22-43)40(54-33)48-26-46-35-37(44-25-45-38(35)48)47-39(49)27-10-5-3-6-11-27/h3-8,10-21,25-26,33-34,36,40,56H,9,23-24H2,1-2H3,(H,44,45,47,49)/t33-,34-,36-,40-/m1/s1. The highest BCUT2D eigenvalue weighted by atomic mass is 31.1. The zero-order valence-electron chi connectivity index (χ0n) is 30.4. The van der Waals surface area contributed by atoms with Crippen molar-refractivity contribution in [3.63, 3.8) is 0 Å². The summed E-state index contributed by atoms with van der Waals surface area (Å²) < 4.78 is 54.4. The molecule has 3 heterocycles. The number of hydrogen-bond donors (Lipinski definition) is 1. The van der Waals surface area contributed by atoms with E-state index in [0.717, 1.165) is 16.7 Å². The van der Waals surface area contributed by atoms with E-state index in [1.807, 2.05) is 91.0 Å². The first-order chi connectivity index (χ1) is 27.5. The van der Waals surface area contributed by atoms with E-state index in [1.54, 1.807) is 43.1 Å². The van der Waals surface area contributed by atoms with E-state index < -0.39 is 39.2 Å². The minimum absolute atomic E-state index is 0.117. The number of halogens is 1. The van der Waals surface area contributed by atoms with Gasteiger partial charge in [-0.2, -0.15) is 5.26 Å². The maximum absolute atomic E-state index is 16.9. The Hall–Kier alpha value is -5.81. The van der Waals surface area contributed by atoms with Gasteiger partial charge >= 0.3 is 0 Å². The van der Waals surface area contributed by atoms with Gasteiger partial charge in [-0.15, -0.1) is 0 Å². The Morgan fingerprint density at radius 2 is 1.52 bits per heavy atom. The van der Waals surface area contributed by atoms with E-state index in [1.165, 1.54) is 12.7 Å². The Kier molecular flexibility index (Phi) is 12.2. The van der Waals surface area contributed by atoms with Crippen LogP contribution < -0.4 is 14.8 Å². The van der Waals surface area contributed by atoms with Crippen molar-refractivity contribution in [2.45, 2.75) is 36.6 Å². The number of alkyl halides is 1. The Morgan fingerprint density at radius 3 is 2.14 bits per heavy atom. The lowest BCUT2D eigenvalue weighted by molar-refractivity contribution is -0.0884. The molecule has 0 aliphatic carbocycles. The first kappa shape index (κ1) is 38.5. The van der Waals surface area contributed by atoms with Gasteiger partial charge in [0.05, 0.1) is 46.3 Å². The topological polar surface area (TPSA) is 152 Å². The number of nitrogens with one attached hydrogen (secondary N) is 1. The number of aromatic nitrogens is 4. The number of benzene rings is 4. The molecule has 0 spiro atoms. The van der Waals surface area contributed by atoms with Crippen LogP contribution in [0.25, 0.3) is 11.2 Å². The molecule has 1 aliphatic heterocycles. The molecule has 1 aliphatic rings. The van der Waals surface area contributed by atoms with Crippen LogP contribution in [-0.4, -0.2) is 71.2 Å². The lowest BCUT2D eigenvalue weighted by Crippen LogP contribution is -2.38. The summed E-state index contributed by atoms with van der Waals surface area (Å²) in [6.45, 7) is -0.103. The SMILES string of the molecule is COc1ccc(C(OC[C@H]2O[C@@H](n3cnc4c(NC(=O)c5ccccc5)ncnc43)[C@H](OPOCCC#N)[C@@H]2F)(c2ccccc2)c2ccc(OC)cc2)cc1. The van der Waals surface area contributed by atoms with Gasteiger partial charge in [0.15, 0.2) is 38.4 Å². The molecule has 1 unspecified atom stereocenters. The zero-order valence-corrected chi connectivity index (χ0v) is 31.4. The van der Waals surface area contributed by atoms with Gasteiger partial charge in [-0.3, -0.25) is 9.36 Å². The molecule has 1 saturated heterocycles. The van der Waals surface area contributed by atoms with Crippen LogP contribution in [0.4, 0.5) is 10.2 Å². The molecule has 1 N–H and O–H groups in total. The molecule has 15 heteroatoms. The van der Waals surface area contributed by atoms with Crippen LogP contribution in [-0.2, 0) is 24.1 Å². The number of methoxy groups -OCH3 is 2. The number of nitrogens with zero attached hydrogens (tertiary/aromatic N) is 5. The van der Waals surface area contributed by atoms with E-state index in [2.05, 4.69) is 20.3 Å². The molecule has 0 bridgehead atoms. The number of carbonyl (C=O) groups excluding carboxylic acids is 1. The average Bonchev–Trinajstić information content (AvgIpc) is 3.82. The van der Waals surface area contributed by atoms with Crippen molar-refractivity contribution < 1.29 is 37.2 Å². The number of rotatable bonds is 16. The number of fused-ring (bicyclic) bond motifs is 1. The monoisotopic (exact) mass is 776 g/mol. The highest BCUT2D eigenvalue weighted by Crippen LogP contribution is 2.44. The summed E-state index contributed by atoms with van der Waals surface area (Å²) in [6.07, 6.45) is -2.28. The van der Waals surface area contributed by atoms with Crippen LogP contribution in [0.2, 0.25) is 0 Å². The van der Waals surface area contributed by atoms with Gasteiger partial charge in [0.2, 0.25) is 0 Å². The highest BCUT2D eigenvalue weighted by Gasteiger charge is 2.49. The van der Waals surface area contributed by atoms with Crippen LogP contribution in [0.3, 0.4) is 0 Å². The summed E-state index contributed by atoms with van der Waals surface area (Å²) >= 11 is 0. The fourth-order valence-electron chi connectivity index (χ4n) is 6.59. The number of nitriles is 1. The molecule has 7 rings (SSSR count). The van der Waals surface area contributed by atoms with Crippen molar-refractivity contribution in [2.75, 3.05) is 32.8 Å². The van der Waals surface area contributed by atoms with Gasteiger partial charge in [0.25, 0.3) is 5.91 Å². The normalized spacial score (nSPS) is 18.2. The van der Waals surface area contributed by atoms with Crippen molar-refractivity contribution >= 4 is 31.9 Å². The van der Waals surface area contributed by atoms with Gasteiger partial charge < -0.3 is 33.3 Å². The number of amides is 1. The summed E-state index contributed by atoms with van der Waals surface area (Å²) in [4.78, 5) is 26.2. The number of hydrogen-bond acceptors (Lipinski definition) is 11. The van der Waals surface area contributed by atoms with Crippen molar-refractivity contribution in [1.29, 1.82) is 5.26 Å². The van der Waals surface area contributed by atoms with Crippen LogP contribution >= 0.6 is 9.03 Å². The predicted octanol–water partition coefficient (Wildman–Crippen LogP) is 7.16. The summed E-state index contributed by atoms with van der Waals surface area (Å²) in [5, 5.41) is 11.8. The van der Waals surface area contributed by atoms with Gasteiger partial charge in [-0.25, -0.2) is 19.3 Å². The van der Waals surface area contributed by atoms with E-state index in [0.29, 0.717) is 17.1 Å². The molecule has 0 saturated carbocycles. The molecule has 5 atom stereocenters. The van der Waals surface area contributed by atoms with Crippen molar-refractivity contribution in [1.82, 2.24) is 19.5 Å². The third-order valence-electron chi connectivity index (χ3n) is 9.36. The Bertz CT molecular complexity index is 2210. The van der Waals surface area contributed by atoms with Crippen molar-refractivity contribution in [2.24, 2.45) is 0 Å². The molecule has 13 nitrogen and oxygen atoms in total. The van der Waals surface area contributed by atoms with Gasteiger partial charge in [-0.05, 0) is 53.1 Å². The van der Waals surface area contributed by atoms with Gasteiger partial charge in [0.1, 0.15) is 35.6 Å². The molecule has 286 valence electrons. The van der Waals surface area contributed by atoms with E-state index in [4.69, 9.17) is 33.3 Å².